The monoisotopic (exact) mass is 244 g/mol. The van der Waals surface area contributed by atoms with Crippen LogP contribution >= 0.6 is 0 Å². The fraction of sp³-hybridized carbons (Fsp3) is 0.923. The Balaban J connectivity index is 3.85. The number of carbonyl (C=O) groups excluding carboxylic acids is 1. The van der Waals surface area contributed by atoms with Gasteiger partial charge in [0.2, 0.25) is 5.91 Å². The Hall–Kier alpha value is -0.610. The van der Waals surface area contributed by atoms with Crippen LogP contribution in [0.4, 0.5) is 0 Å². The molecule has 0 aromatic rings. The number of nitrogens with one attached hydrogen (secondary N) is 1. The highest BCUT2D eigenvalue weighted by atomic mass is 16.5. The van der Waals surface area contributed by atoms with Crippen molar-refractivity contribution in [3.05, 3.63) is 0 Å². The average molecular weight is 244 g/mol. The van der Waals surface area contributed by atoms with Gasteiger partial charge in [-0.25, -0.2) is 0 Å². The highest BCUT2D eigenvalue weighted by Gasteiger charge is 2.23. The van der Waals surface area contributed by atoms with Crippen molar-refractivity contribution >= 4 is 5.91 Å². The minimum absolute atomic E-state index is 0.0718. The first kappa shape index (κ1) is 16.4. The molecule has 4 heteroatoms. The van der Waals surface area contributed by atoms with E-state index in [1.165, 1.54) is 0 Å². The van der Waals surface area contributed by atoms with Gasteiger partial charge in [0.05, 0.1) is 5.92 Å². The third-order valence-electron chi connectivity index (χ3n) is 2.59. The van der Waals surface area contributed by atoms with Crippen LogP contribution in [0.25, 0.3) is 0 Å². The van der Waals surface area contributed by atoms with E-state index in [-0.39, 0.29) is 17.2 Å². The third kappa shape index (κ3) is 9.12. The molecule has 1 amide bonds. The molecule has 0 bridgehead atoms. The van der Waals surface area contributed by atoms with E-state index in [0.717, 1.165) is 25.9 Å². The van der Waals surface area contributed by atoms with E-state index in [0.29, 0.717) is 13.1 Å². The van der Waals surface area contributed by atoms with Crippen molar-refractivity contribution in [2.24, 2.45) is 17.1 Å². The molecular weight excluding hydrogens is 216 g/mol. The molecule has 1 unspecified atom stereocenters. The lowest BCUT2D eigenvalue weighted by Crippen LogP contribution is -2.37. The highest BCUT2D eigenvalue weighted by molar-refractivity contribution is 5.78. The van der Waals surface area contributed by atoms with Gasteiger partial charge in [-0.2, -0.15) is 0 Å². The zero-order valence-corrected chi connectivity index (χ0v) is 11.7. The molecule has 17 heavy (non-hydrogen) atoms. The Kier molecular flexibility index (Phi) is 8.17. The first-order chi connectivity index (χ1) is 7.90. The van der Waals surface area contributed by atoms with Gasteiger partial charge in [0.15, 0.2) is 0 Å². The lowest BCUT2D eigenvalue weighted by Gasteiger charge is -2.24. The Morgan fingerprint density at radius 1 is 1.35 bits per heavy atom. The Morgan fingerprint density at radius 2 is 2.00 bits per heavy atom. The second kappa shape index (κ2) is 8.48. The molecule has 0 aromatic carbocycles. The minimum atomic E-state index is -0.0718. The summed E-state index contributed by atoms with van der Waals surface area (Å²) in [5.74, 6) is 0.0114. The van der Waals surface area contributed by atoms with Gasteiger partial charge in [-0.3, -0.25) is 4.79 Å². The molecular formula is C13H28N2O2. The van der Waals surface area contributed by atoms with E-state index in [2.05, 4.69) is 26.1 Å². The van der Waals surface area contributed by atoms with Gasteiger partial charge in [-0.15, -0.1) is 0 Å². The number of unbranched alkanes of at least 4 members (excludes halogenated alkanes) is 1. The summed E-state index contributed by atoms with van der Waals surface area (Å²) in [6, 6.07) is 0. The number of ether oxygens (including phenoxy) is 1. The summed E-state index contributed by atoms with van der Waals surface area (Å²) < 4.78 is 4.95. The van der Waals surface area contributed by atoms with Crippen LogP contribution in [0.5, 0.6) is 0 Å². The smallest absolute Gasteiger partial charge is 0.224 e. The summed E-state index contributed by atoms with van der Waals surface area (Å²) in [5, 5.41) is 2.94. The number of rotatable bonds is 8. The molecule has 0 aliphatic heterocycles. The van der Waals surface area contributed by atoms with Gasteiger partial charge in [-0.1, -0.05) is 20.8 Å². The van der Waals surface area contributed by atoms with Crippen molar-refractivity contribution in [1.29, 1.82) is 0 Å². The fourth-order valence-electron chi connectivity index (χ4n) is 1.75. The van der Waals surface area contributed by atoms with Crippen molar-refractivity contribution in [3.63, 3.8) is 0 Å². The Labute approximate surface area is 105 Å². The van der Waals surface area contributed by atoms with Gasteiger partial charge in [0.25, 0.3) is 0 Å². The van der Waals surface area contributed by atoms with Crippen LogP contribution in [0.2, 0.25) is 0 Å². The second-order valence-electron chi connectivity index (χ2n) is 5.69. The highest BCUT2D eigenvalue weighted by Crippen LogP contribution is 2.23. The van der Waals surface area contributed by atoms with Crippen LogP contribution in [-0.2, 0) is 9.53 Å². The number of nitrogens with two attached hydrogens (primary N) is 1. The Bertz CT molecular complexity index is 212. The summed E-state index contributed by atoms with van der Waals surface area (Å²) in [5.41, 5.74) is 5.79. The van der Waals surface area contributed by atoms with E-state index in [1.807, 2.05) is 0 Å². The largest absolute Gasteiger partial charge is 0.385 e. The quantitative estimate of drug-likeness (QED) is 0.637. The molecule has 3 N–H and O–H groups in total. The Morgan fingerprint density at radius 3 is 2.47 bits per heavy atom. The fourth-order valence-corrected chi connectivity index (χ4v) is 1.75. The summed E-state index contributed by atoms with van der Waals surface area (Å²) >= 11 is 0. The molecule has 0 fully saturated rings. The van der Waals surface area contributed by atoms with Crippen LogP contribution in [0.15, 0.2) is 0 Å². The molecule has 0 aliphatic rings. The van der Waals surface area contributed by atoms with Crippen LogP contribution in [0.1, 0.15) is 40.0 Å². The van der Waals surface area contributed by atoms with E-state index < -0.39 is 0 Å². The molecule has 0 saturated carbocycles. The lowest BCUT2D eigenvalue weighted by molar-refractivity contribution is -0.125. The van der Waals surface area contributed by atoms with E-state index >= 15 is 0 Å². The third-order valence-corrected chi connectivity index (χ3v) is 2.59. The van der Waals surface area contributed by atoms with Crippen molar-refractivity contribution in [2.45, 2.75) is 40.0 Å². The van der Waals surface area contributed by atoms with Crippen LogP contribution < -0.4 is 11.1 Å². The second-order valence-corrected chi connectivity index (χ2v) is 5.69. The molecule has 0 aliphatic carbocycles. The zero-order valence-electron chi connectivity index (χ0n) is 11.7. The van der Waals surface area contributed by atoms with Gasteiger partial charge < -0.3 is 15.8 Å². The molecule has 0 heterocycles. The van der Waals surface area contributed by atoms with E-state index in [1.54, 1.807) is 7.11 Å². The molecule has 0 spiro atoms. The summed E-state index contributed by atoms with van der Waals surface area (Å²) in [7, 11) is 1.69. The molecule has 1 atom stereocenters. The first-order valence-corrected chi connectivity index (χ1v) is 6.37. The zero-order chi connectivity index (χ0) is 13.3. The van der Waals surface area contributed by atoms with Crippen LogP contribution in [0, 0.1) is 11.3 Å². The molecule has 102 valence electrons. The number of amides is 1. The summed E-state index contributed by atoms with van der Waals surface area (Å²) in [6.45, 7) is 8.26. The number of hydrogen-bond acceptors (Lipinski definition) is 3. The van der Waals surface area contributed by atoms with Gasteiger partial charge in [-0.05, 0) is 24.7 Å². The maximum absolute atomic E-state index is 11.9. The van der Waals surface area contributed by atoms with Crippen molar-refractivity contribution in [3.8, 4) is 0 Å². The summed E-state index contributed by atoms with van der Waals surface area (Å²) in [4.78, 5) is 11.9. The predicted octanol–water partition coefficient (Wildman–Crippen LogP) is 1.54. The summed E-state index contributed by atoms with van der Waals surface area (Å²) in [6.07, 6.45) is 2.75. The van der Waals surface area contributed by atoms with Crippen molar-refractivity contribution in [2.75, 3.05) is 26.8 Å². The molecule has 0 saturated heterocycles. The van der Waals surface area contributed by atoms with E-state index in [4.69, 9.17) is 10.5 Å². The van der Waals surface area contributed by atoms with Crippen LogP contribution in [-0.4, -0.2) is 32.7 Å². The average Bonchev–Trinajstić information content (AvgIpc) is 2.24. The van der Waals surface area contributed by atoms with Gasteiger partial charge in [0.1, 0.15) is 0 Å². The van der Waals surface area contributed by atoms with Crippen molar-refractivity contribution < 1.29 is 9.53 Å². The SMILES string of the molecule is COCCCCNC(=O)C(CN)CC(C)(C)C. The molecule has 0 radical (unpaired) electrons. The maximum atomic E-state index is 11.9. The first-order valence-electron chi connectivity index (χ1n) is 6.37. The van der Waals surface area contributed by atoms with Crippen LogP contribution in [0.3, 0.4) is 0 Å². The number of methoxy groups -OCH3 is 1. The molecule has 4 nitrogen and oxygen atoms in total. The minimum Gasteiger partial charge on any atom is -0.385 e. The lowest BCUT2D eigenvalue weighted by atomic mass is 9.84. The molecule has 0 aromatic heterocycles. The number of carbonyl (C=O) groups is 1. The van der Waals surface area contributed by atoms with Gasteiger partial charge >= 0.3 is 0 Å². The topological polar surface area (TPSA) is 64.3 Å². The standard InChI is InChI=1S/C13H28N2O2/c1-13(2,3)9-11(10-14)12(16)15-7-5-6-8-17-4/h11H,5-10,14H2,1-4H3,(H,15,16). The normalized spacial score (nSPS) is 13.5. The maximum Gasteiger partial charge on any atom is 0.224 e. The van der Waals surface area contributed by atoms with Crippen molar-refractivity contribution in [1.82, 2.24) is 5.32 Å². The van der Waals surface area contributed by atoms with E-state index in [9.17, 15) is 4.79 Å². The molecule has 0 rings (SSSR count). The predicted molar refractivity (Wildman–Crippen MR) is 70.7 cm³/mol. The van der Waals surface area contributed by atoms with Gasteiger partial charge in [0, 0.05) is 26.8 Å². The number of hydrogen-bond donors (Lipinski definition) is 2.